The van der Waals surface area contributed by atoms with E-state index in [0.29, 0.717) is 5.69 Å². The third-order valence-corrected chi connectivity index (χ3v) is 2.47. The first kappa shape index (κ1) is 12.5. The summed E-state index contributed by atoms with van der Waals surface area (Å²) >= 11 is 8.98. The molecule has 15 heavy (non-hydrogen) atoms. The van der Waals surface area contributed by atoms with Gasteiger partial charge in [0.15, 0.2) is 0 Å². The van der Waals surface area contributed by atoms with Crippen molar-refractivity contribution in [2.45, 2.75) is 19.8 Å². The lowest BCUT2D eigenvalue weighted by Crippen LogP contribution is -1.89. The summed E-state index contributed by atoms with van der Waals surface area (Å²) in [6.07, 6.45) is 7.17. The Balaban J connectivity index is 2.52. The molecule has 0 bridgehead atoms. The molecule has 0 aliphatic carbocycles. The monoisotopic (exact) mass is 290 g/mol. The number of halogens is 2. The van der Waals surface area contributed by atoms with E-state index >= 15 is 0 Å². The van der Waals surface area contributed by atoms with Gasteiger partial charge in [-0.1, -0.05) is 13.3 Å². The number of rotatable bonds is 5. The second-order valence-corrected chi connectivity index (χ2v) is 4.09. The van der Waals surface area contributed by atoms with Gasteiger partial charge in [-0.2, -0.15) is 0 Å². The Labute approximate surface area is 103 Å². The van der Waals surface area contributed by atoms with Gasteiger partial charge in [-0.15, -0.1) is 0 Å². The van der Waals surface area contributed by atoms with Crippen molar-refractivity contribution in [1.29, 1.82) is 0 Å². The van der Waals surface area contributed by atoms with Crippen molar-refractivity contribution in [1.82, 2.24) is 9.97 Å². The average Bonchev–Trinajstić information content (AvgIpc) is 2.23. The molecule has 5 heteroatoms. The number of hydrogen-bond donors (Lipinski definition) is 0. The van der Waals surface area contributed by atoms with Gasteiger partial charge >= 0.3 is 0 Å². The van der Waals surface area contributed by atoms with Crippen LogP contribution in [0.5, 0.6) is 0 Å². The van der Waals surface area contributed by atoms with Crippen molar-refractivity contribution >= 4 is 33.6 Å². The summed E-state index contributed by atoms with van der Waals surface area (Å²) in [5.41, 5.74) is 0.714. The third-order valence-electron chi connectivity index (χ3n) is 1.68. The van der Waals surface area contributed by atoms with Crippen LogP contribution in [0, 0.1) is 0 Å². The average molecular weight is 292 g/mol. The van der Waals surface area contributed by atoms with E-state index in [0.717, 1.165) is 23.9 Å². The molecule has 0 N–H and O–H groups in total. The maximum absolute atomic E-state index is 5.66. The van der Waals surface area contributed by atoms with Crippen LogP contribution < -0.4 is 0 Å². The minimum atomic E-state index is 0.228. The van der Waals surface area contributed by atoms with Gasteiger partial charge < -0.3 is 4.74 Å². The van der Waals surface area contributed by atoms with Crippen LogP contribution in [0.25, 0.3) is 6.08 Å². The highest BCUT2D eigenvalue weighted by Gasteiger charge is 1.99. The third kappa shape index (κ3) is 4.62. The molecule has 0 unspecified atom stereocenters. The molecule has 0 amide bonds. The summed E-state index contributed by atoms with van der Waals surface area (Å²) in [5.74, 6) is 0. The summed E-state index contributed by atoms with van der Waals surface area (Å²) in [4.78, 5) is 7.86. The van der Waals surface area contributed by atoms with Gasteiger partial charge in [-0.05, 0) is 40.0 Å². The van der Waals surface area contributed by atoms with Crippen LogP contribution in [-0.2, 0) is 4.74 Å². The van der Waals surface area contributed by atoms with E-state index in [1.165, 1.54) is 0 Å². The molecule has 0 saturated heterocycles. The first-order valence-electron chi connectivity index (χ1n) is 4.70. The van der Waals surface area contributed by atoms with E-state index in [1.807, 2.05) is 0 Å². The predicted molar refractivity (Wildman–Crippen MR) is 64.6 cm³/mol. The highest BCUT2D eigenvalue weighted by atomic mass is 79.9. The van der Waals surface area contributed by atoms with E-state index < -0.39 is 0 Å². The fourth-order valence-electron chi connectivity index (χ4n) is 0.883. The lowest BCUT2D eigenvalue weighted by atomic mass is 10.4. The zero-order chi connectivity index (χ0) is 11.1. The Morgan fingerprint density at radius 2 is 2.40 bits per heavy atom. The van der Waals surface area contributed by atoms with Crippen molar-refractivity contribution in [2.75, 3.05) is 6.61 Å². The van der Waals surface area contributed by atoms with Crippen molar-refractivity contribution in [3.63, 3.8) is 0 Å². The van der Waals surface area contributed by atoms with Crippen molar-refractivity contribution in [2.24, 2.45) is 0 Å². The molecule has 1 rings (SSSR count). The number of nitrogens with zero attached hydrogens (tertiary/aromatic N) is 2. The standard InChI is InChI=1S/C10H12BrClN2O/c1-2-3-5-15-6-4-9-8(11)7-13-10(12)14-9/h4,6-7H,2-3,5H2,1H3/b6-4+. The normalized spacial score (nSPS) is 10.9. The van der Waals surface area contributed by atoms with E-state index in [4.69, 9.17) is 16.3 Å². The highest BCUT2D eigenvalue weighted by Crippen LogP contribution is 2.16. The topological polar surface area (TPSA) is 35.0 Å². The fraction of sp³-hybridized carbons (Fsp3) is 0.400. The number of aromatic nitrogens is 2. The van der Waals surface area contributed by atoms with E-state index in [-0.39, 0.29) is 5.28 Å². The van der Waals surface area contributed by atoms with Gasteiger partial charge in [0.1, 0.15) is 0 Å². The van der Waals surface area contributed by atoms with Gasteiger partial charge in [0.05, 0.1) is 23.0 Å². The molecule has 0 aliphatic rings. The quantitative estimate of drug-likeness (QED) is 0.471. The Kier molecular flexibility index (Phi) is 5.65. The fourth-order valence-corrected chi connectivity index (χ4v) is 1.35. The minimum absolute atomic E-state index is 0.228. The van der Waals surface area contributed by atoms with Crippen molar-refractivity contribution < 1.29 is 4.74 Å². The van der Waals surface area contributed by atoms with Crippen LogP contribution in [-0.4, -0.2) is 16.6 Å². The van der Waals surface area contributed by atoms with Gasteiger partial charge in [-0.3, -0.25) is 0 Å². The second kappa shape index (κ2) is 6.80. The van der Waals surface area contributed by atoms with Crippen LogP contribution in [0.1, 0.15) is 25.5 Å². The zero-order valence-corrected chi connectivity index (χ0v) is 10.8. The predicted octanol–water partition coefficient (Wildman–Crippen LogP) is 3.68. The lowest BCUT2D eigenvalue weighted by molar-refractivity contribution is 0.246. The Hall–Kier alpha value is -0.610. The zero-order valence-electron chi connectivity index (χ0n) is 8.41. The van der Waals surface area contributed by atoms with E-state index in [9.17, 15) is 0 Å². The summed E-state index contributed by atoms with van der Waals surface area (Å²) in [5, 5.41) is 0.228. The maximum atomic E-state index is 5.66. The van der Waals surface area contributed by atoms with Crippen LogP contribution in [0.15, 0.2) is 16.9 Å². The lowest BCUT2D eigenvalue weighted by Gasteiger charge is -1.99. The molecule has 82 valence electrons. The maximum Gasteiger partial charge on any atom is 0.222 e. The molecule has 0 aliphatic heterocycles. The van der Waals surface area contributed by atoms with Crippen molar-refractivity contribution in [3.8, 4) is 0 Å². The molecule has 1 heterocycles. The molecular weight excluding hydrogens is 279 g/mol. The van der Waals surface area contributed by atoms with E-state index in [2.05, 4.69) is 32.8 Å². The number of unbranched alkanes of at least 4 members (excludes halogenated alkanes) is 1. The molecule has 0 fully saturated rings. The first-order chi connectivity index (χ1) is 7.24. The second-order valence-electron chi connectivity index (χ2n) is 2.90. The van der Waals surface area contributed by atoms with Crippen molar-refractivity contribution in [3.05, 3.63) is 27.9 Å². The molecular formula is C10H12BrClN2O. The first-order valence-corrected chi connectivity index (χ1v) is 5.87. The highest BCUT2D eigenvalue weighted by molar-refractivity contribution is 9.10. The van der Waals surface area contributed by atoms with Crippen LogP contribution in [0.2, 0.25) is 5.28 Å². The smallest absolute Gasteiger partial charge is 0.222 e. The molecule has 0 spiro atoms. The summed E-state index contributed by atoms with van der Waals surface area (Å²) in [6, 6.07) is 0. The molecule has 0 atom stereocenters. The molecule has 1 aromatic rings. The van der Waals surface area contributed by atoms with Gasteiger partial charge in [0.25, 0.3) is 0 Å². The number of ether oxygens (including phenoxy) is 1. The molecule has 1 aromatic heterocycles. The molecule has 3 nitrogen and oxygen atoms in total. The summed E-state index contributed by atoms with van der Waals surface area (Å²) in [7, 11) is 0. The largest absolute Gasteiger partial charge is 0.501 e. The van der Waals surface area contributed by atoms with Gasteiger partial charge in [-0.25, -0.2) is 9.97 Å². The Morgan fingerprint density at radius 3 is 3.13 bits per heavy atom. The van der Waals surface area contributed by atoms with Gasteiger partial charge in [0, 0.05) is 6.20 Å². The Morgan fingerprint density at radius 1 is 1.60 bits per heavy atom. The van der Waals surface area contributed by atoms with E-state index in [1.54, 1.807) is 18.5 Å². The summed E-state index contributed by atoms with van der Waals surface area (Å²) in [6.45, 7) is 2.84. The van der Waals surface area contributed by atoms with Crippen LogP contribution in [0.4, 0.5) is 0 Å². The van der Waals surface area contributed by atoms with Gasteiger partial charge in [0.2, 0.25) is 5.28 Å². The molecule has 0 radical (unpaired) electrons. The van der Waals surface area contributed by atoms with Crippen LogP contribution in [0.3, 0.4) is 0 Å². The molecule has 0 saturated carbocycles. The number of hydrogen-bond acceptors (Lipinski definition) is 3. The summed E-state index contributed by atoms with van der Waals surface area (Å²) < 4.78 is 6.06. The molecule has 0 aromatic carbocycles. The van der Waals surface area contributed by atoms with Crippen LogP contribution >= 0.6 is 27.5 Å². The Bertz CT molecular complexity index is 344. The minimum Gasteiger partial charge on any atom is -0.501 e. The SMILES string of the molecule is CCCCO/C=C/c1nc(Cl)ncc1Br.